The smallest absolute Gasteiger partial charge is 0.160 e. The minimum Gasteiger partial charge on any atom is -0.311 e. The van der Waals surface area contributed by atoms with E-state index in [0.717, 1.165) is 27.6 Å². The molecule has 7 heteroatoms. The van der Waals surface area contributed by atoms with E-state index in [1.165, 1.54) is 10.3 Å². The second-order valence-electron chi connectivity index (χ2n) is 4.85. The Bertz CT molecular complexity index is 976. The van der Waals surface area contributed by atoms with E-state index < -0.39 is 0 Å². The summed E-state index contributed by atoms with van der Waals surface area (Å²) in [6.07, 6.45) is 5.50. The van der Waals surface area contributed by atoms with Crippen molar-refractivity contribution >= 4 is 56.1 Å². The highest BCUT2D eigenvalue weighted by Gasteiger charge is 2.08. The molecule has 1 aromatic carbocycles. The van der Waals surface area contributed by atoms with E-state index in [9.17, 15) is 0 Å². The van der Waals surface area contributed by atoms with Crippen LogP contribution in [0.4, 0.5) is 0 Å². The van der Waals surface area contributed by atoms with Crippen LogP contribution in [0.2, 0.25) is 5.02 Å². The Hall–Kier alpha value is -1.63. The van der Waals surface area contributed by atoms with Crippen molar-refractivity contribution in [2.45, 2.75) is 10.9 Å². The Morgan fingerprint density at radius 1 is 1.23 bits per heavy atom. The maximum absolute atomic E-state index is 5.95. The third-order valence-electron chi connectivity index (χ3n) is 3.38. The first-order valence-corrected chi connectivity index (χ1v) is 9.05. The molecule has 0 aliphatic rings. The van der Waals surface area contributed by atoms with Gasteiger partial charge in [-0.05, 0) is 30.0 Å². The largest absolute Gasteiger partial charge is 0.311 e. The zero-order valence-corrected chi connectivity index (χ0v) is 14.0. The van der Waals surface area contributed by atoms with Crippen molar-refractivity contribution in [3.63, 3.8) is 0 Å². The third-order valence-corrected chi connectivity index (χ3v) is 5.59. The fraction of sp³-hybridized carbons (Fsp3) is 0.133. The van der Waals surface area contributed by atoms with Crippen LogP contribution in [0.25, 0.3) is 21.4 Å². The lowest BCUT2D eigenvalue weighted by atomic mass is 10.2. The van der Waals surface area contributed by atoms with Gasteiger partial charge in [0.1, 0.15) is 5.52 Å². The van der Waals surface area contributed by atoms with Crippen LogP contribution in [0.3, 0.4) is 0 Å². The molecule has 0 atom stereocenters. The first-order chi connectivity index (χ1) is 10.7. The topological polar surface area (TPSA) is 43.6 Å². The molecule has 0 N–H and O–H groups in total. The number of hydrogen-bond acceptors (Lipinski definition) is 5. The van der Waals surface area contributed by atoms with Crippen LogP contribution >= 0.6 is 34.7 Å². The van der Waals surface area contributed by atoms with Crippen molar-refractivity contribution < 1.29 is 0 Å². The second kappa shape index (κ2) is 5.53. The first kappa shape index (κ1) is 14.0. The molecule has 0 saturated carbocycles. The van der Waals surface area contributed by atoms with Crippen molar-refractivity contribution in [2.75, 3.05) is 6.26 Å². The van der Waals surface area contributed by atoms with Gasteiger partial charge in [-0.3, -0.25) is 0 Å². The number of hydrogen-bond donors (Lipinski definition) is 0. The van der Waals surface area contributed by atoms with Crippen molar-refractivity contribution in [2.24, 2.45) is 0 Å². The molecule has 0 bridgehead atoms. The highest BCUT2D eigenvalue weighted by Crippen LogP contribution is 2.29. The second-order valence-corrected chi connectivity index (χ2v) is 7.38. The summed E-state index contributed by atoms with van der Waals surface area (Å²) in [5.41, 5.74) is 3.92. The number of thioether (sulfide) groups is 1. The summed E-state index contributed by atoms with van der Waals surface area (Å²) in [5, 5.41) is 0.605. The van der Waals surface area contributed by atoms with Crippen LogP contribution in [0.1, 0.15) is 5.56 Å². The molecule has 4 nitrogen and oxygen atoms in total. The number of thiazole rings is 1. The van der Waals surface area contributed by atoms with Crippen molar-refractivity contribution in [3.05, 3.63) is 47.4 Å². The average Bonchev–Trinajstić information content (AvgIpc) is 3.10. The van der Waals surface area contributed by atoms with E-state index in [0.29, 0.717) is 5.02 Å². The molecule has 3 heterocycles. The number of rotatable bonds is 3. The Kier molecular flexibility index (Phi) is 3.52. The lowest BCUT2D eigenvalue weighted by Crippen LogP contribution is -1.98. The number of pyridine rings is 1. The summed E-state index contributed by atoms with van der Waals surface area (Å²) in [4.78, 5) is 13.3. The zero-order valence-electron chi connectivity index (χ0n) is 11.7. The Morgan fingerprint density at radius 2 is 2.14 bits per heavy atom. The number of fused-ring (bicyclic) bond motifs is 2. The van der Waals surface area contributed by atoms with Gasteiger partial charge in [-0.1, -0.05) is 29.4 Å². The van der Waals surface area contributed by atoms with Crippen molar-refractivity contribution in [3.8, 4) is 0 Å². The van der Waals surface area contributed by atoms with E-state index >= 15 is 0 Å². The molecule has 0 fully saturated rings. The van der Waals surface area contributed by atoms with Gasteiger partial charge in [0, 0.05) is 6.20 Å². The summed E-state index contributed by atoms with van der Waals surface area (Å²) in [6.45, 7) is 0.730. The molecule has 0 aliphatic heterocycles. The van der Waals surface area contributed by atoms with Crippen LogP contribution in [-0.2, 0) is 6.54 Å². The summed E-state index contributed by atoms with van der Waals surface area (Å²) < 4.78 is 4.34. The lowest BCUT2D eigenvalue weighted by molar-refractivity contribution is 0.815. The van der Waals surface area contributed by atoms with Gasteiger partial charge in [0.05, 0.1) is 28.1 Å². The molecular weight excluding hydrogens is 336 g/mol. The molecule has 3 aromatic heterocycles. The van der Waals surface area contributed by atoms with Crippen molar-refractivity contribution in [1.29, 1.82) is 0 Å². The molecule has 0 aliphatic carbocycles. The van der Waals surface area contributed by atoms with Gasteiger partial charge in [-0.15, -0.1) is 11.3 Å². The van der Waals surface area contributed by atoms with E-state index in [4.69, 9.17) is 11.6 Å². The summed E-state index contributed by atoms with van der Waals surface area (Å²) >= 11 is 9.35. The molecule has 4 aromatic rings. The van der Waals surface area contributed by atoms with Crippen LogP contribution in [0.5, 0.6) is 0 Å². The van der Waals surface area contributed by atoms with Crippen LogP contribution in [0.15, 0.2) is 41.1 Å². The number of halogens is 1. The van der Waals surface area contributed by atoms with Gasteiger partial charge >= 0.3 is 0 Å². The molecule has 0 radical (unpaired) electrons. The Balaban J connectivity index is 1.72. The van der Waals surface area contributed by atoms with E-state index in [-0.39, 0.29) is 0 Å². The molecule has 110 valence electrons. The normalized spacial score (nSPS) is 11.5. The quantitative estimate of drug-likeness (QED) is 0.513. The zero-order chi connectivity index (χ0) is 15.1. The summed E-state index contributed by atoms with van der Waals surface area (Å²) in [5.74, 6) is 0. The van der Waals surface area contributed by atoms with E-state index in [1.54, 1.807) is 35.6 Å². The lowest BCUT2D eigenvalue weighted by Gasteiger charge is -2.04. The minimum atomic E-state index is 0.605. The fourth-order valence-electron chi connectivity index (χ4n) is 2.37. The molecule has 0 spiro atoms. The molecule has 0 amide bonds. The highest BCUT2D eigenvalue weighted by atomic mass is 35.5. The summed E-state index contributed by atoms with van der Waals surface area (Å²) in [7, 11) is 0. The van der Waals surface area contributed by atoms with Gasteiger partial charge in [-0.25, -0.2) is 15.0 Å². The molecule has 22 heavy (non-hydrogen) atoms. The predicted molar refractivity (Wildman–Crippen MR) is 93.0 cm³/mol. The molecule has 4 rings (SSSR count). The average molecular weight is 347 g/mol. The Labute approximate surface area is 140 Å². The third kappa shape index (κ3) is 2.47. The van der Waals surface area contributed by atoms with Crippen LogP contribution < -0.4 is 0 Å². The first-order valence-electron chi connectivity index (χ1n) is 6.63. The minimum absolute atomic E-state index is 0.605. The molecule has 0 unspecified atom stereocenters. The van der Waals surface area contributed by atoms with Crippen molar-refractivity contribution in [1.82, 2.24) is 19.5 Å². The standard InChI is InChI=1S/C15H11ClN4S2/c1-21-15-19-11-3-2-9(4-13(11)22-15)7-20-8-18-12-5-10(16)6-17-14(12)20/h2-6,8H,7H2,1H3. The van der Waals surface area contributed by atoms with Gasteiger partial charge in [0.2, 0.25) is 0 Å². The van der Waals surface area contributed by atoms with Gasteiger partial charge < -0.3 is 4.57 Å². The maximum atomic E-state index is 5.95. The number of aromatic nitrogens is 4. The Morgan fingerprint density at radius 3 is 3.00 bits per heavy atom. The summed E-state index contributed by atoms with van der Waals surface area (Å²) in [6, 6.07) is 8.20. The van der Waals surface area contributed by atoms with Gasteiger partial charge in [-0.2, -0.15) is 0 Å². The number of imidazole rings is 1. The monoisotopic (exact) mass is 346 g/mol. The van der Waals surface area contributed by atoms with Crippen LogP contribution in [-0.4, -0.2) is 25.8 Å². The number of benzene rings is 1. The number of nitrogens with zero attached hydrogens (tertiary/aromatic N) is 4. The SMILES string of the molecule is CSc1nc2ccc(Cn3cnc4cc(Cl)cnc43)cc2s1. The fourth-order valence-corrected chi connectivity index (χ4v) is 4.08. The van der Waals surface area contributed by atoms with Gasteiger partial charge in [0.25, 0.3) is 0 Å². The van der Waals surface area contributed by atoms with E-state index in [2.05, 4.69) is 33.2 Å². The molecule has 0 saturated heterocycles. The van der Waals surface area contributed by atoms with E-state index in [1.807, 2.05) is 16.9 Å². The van der Waals surface area contributed by atoms with Gasteiger partial charge in [0.15, 0.2) is 9.99 Å². The maximum Gasteiger partial charge on any atom is 0.160 e. The predicted octanol–water partition coefficient (Wildman–Crippen LogP) is 4.46. The van der Waals surface area contributed by atoms with Crippen LogP contribution in [0, 0.1) is 0 Å². The molecular formula is C15H11ClN4S2. The highest BCUT2D eigenvalue weighted by molar-refractivity contribution is 8.00.